The van der Waals surface area contributed by atoms with Gasteiger partial charge in [0.2, 0.25) is 0 Å². The first-order chi connectivity index (χ1) is 12.0. The summed E-state index contributed by atoms with van der Waals surface area (Å²) in [5.74, 6) is -0.347. The molecule has 1 atom stereocenters. The van der Waals surface area contributed by atoms with E-state index in [2.05, 4.69) is 4.98 Å². The van der Waals surface area contributed by atoms with Gasteiger partial charge in [0, 0.05) is 18.7 Å². The van der Waals surface area contributed by atoms with Crippen molar-refractivity contribution < 1.29 is 18.7 Å². The summed E-state index contributed by atoms with van der Waals surface area (Å²) in [6, 6.07) is 5.91. The van der Waals surface area contributed by atoms with Crippen LogP contribution in [0.1, 0.15) is 43.5 Å². The van der Waals surface area contributed by atoms with Gasteiger partial charge in [0.05, 0.1) is 31.5 Å². The molecule has 1 aromatic heterocycles. The molecule has 136 valence electrons. The monoisotopic (exact) mass is 348 g/mol. The van der Waals surface area contributed by atoms with Crippen LogP contribution in [0.3, 0.4) is 0 Å². The highest BCUT2D eigenvalue weighted by Crippen LogP contribution is 2.42. The fourth-order valence-electron chi connectivity index (χ4n) is 4.01. The van der Waals surface area contributed by atoms with Crippen molar-refractivity contribution in [1.82, 2.24) is 9.88 Å². The SMILES string of the molecule is Cc1cccc(CO[C@@H]2CCOC3(C2)CN(C(=O)C2(F)CCC2)C3)n1. The average molecular weight is 348 g/mol. The molecule has 1 amide bonds. The third-order valence-electron chi connectivity index (χ3n) is 5.64. The van der Waals surface area contributed by atoms with E-state index in [1.165, 1.54) is 0 Å². The maximum atomic E-state index is 14.3. The van der Waals surface area contributed by atoms with E-state index in [1.807, 2.05) is 25.1 Å². The lowest BCUT2D eigenvalue weighted by Crippen LogP contribution is -2.70. The summed E-state index contributed by atoms with van der Waals surface area (Å²) in [6.07, 6.45) is 3.23. The Labute approximate surface area is 147 Å². The molecule has 0 radical (unpaired) electrons. The van der Waals surface area contributed by atoms with Crippen LogP contribution in [0.2, 0.25) is 0 Å². The number of alkyl halides is 1. The van der Waals surface area contributed by atoms with Gasteiger partial charge in [0.25, 0.3) is 5.91 Å². The van der Waals surface area contributed by atoms with Crippen LogP contribution in [0.15, 0.2) is 18.2 Å². The van der Waals surface area contributed by atoms with Crippen molar-refractivity contribution in [3.8, 4) is 0 Å². The number of hydrogen-bond acceptors (Lipinski definition) is 4. The first-order valence-electron chi connectivity index (χ1n) is 9.15. The molecule has 0 N–H and O–H groups in total. The Hall–Kier alpha value is -1.53. The van der Waals surface area contributed by atoms with E-state index in [0.717, 1.165) is 30.7 Å². The second-order valence-corrected chi connectivity index (χ2v) is 7.71. The van der Waals surface area contributed by atoms with Gasteiger partial charge in [-0.3, -0.25) is 9.78 Å². The van der Waals surface area contributed by atoms with E-state index >= 15 is 0 Å². The van der Waals surface area contributed by atoms with E-state index in [4.69, 9.17) is 9.47 Å². The van der Waals surface area contributed by atoms with Gasteiger partial charge >= 0.3 is 0 Å². The maximum absolute atomic E-state index is 14.3. The van der Waals surface area contributed by atoms with E-state index in [9.17, 15) is 9.18 Å². The molecule has 2 saturated heterocycles. The molecule has 3 fully saturated rings. The summed E-state index contributed by atoms with van der Waals surface area (Å²) in [4.78, 5) is 18.3. The molecule has 0 aromatic carbocycles. The molecule has 0 unspecified atom stereocenters. The number of carbonyl (C=O) groups is 1. The summed E-state index contributed by atoms with van der Waals surface area (Å²) < 4.78 is 26.2. The summed E-state index contributed by atoms with van der Waals surface area (Å²) in [7, 11) is 0. The van der Waals surface area contributed by atoms with E-state index in [1.54, 1.807) is 4.90 Å². The van der Waals surface area contributed by atoms with Crippen LogP contribution in [0, 0.1) is 6.92 Å². The minimum Gasteiger partial charge on any atom is -0.372 e. The number of halogens is 1. The fraction of sp³-hybridized carbons (Fsp3) is 0.684. The minimum absolute atomic E-state index is 0.0938. The second kappa shape index (κ2) is 6.32. The van der Waals surface area contributed by atoms with Crippen molar-refractivity contribution >= 4 is 5.91 Å². The second-order valence-electron chi connectivity index (χ2n) is 7.71. The highest BCUT2D eigenvalue weighted by Gasteiger charge is 2.55. The van der Waals surface area contributed by atoms with E-state index in [0.29, 0.717) is 39.1 Å². The molecule has 5 nitrogen and oxygen atoms in total. The standard InChI is InChI=1S/C19H25FN2O3/c1-14-4-2-5-15(21-14)11-24-16-6-9-25-18(10-16)12-22(13-18)17(23)19(20)7-3-8-19/h2,4-5,16H,3,6-13H2,1H3/t16-/m1/s1. The van der Waals surface area contributed by atoms with Crippen molar-refractivity contribution in [2.24, 2.45) is 0 Å². The molecule has 3 aliphatic rings. The average Bonchev–Trinajstić information content (AvgIpc) is 2.55. The number of aryl methyl sites for hydroxylation is 1. The smallest absolute Gasteiger partial charge is 0.260 e. The Bertz CT molecular complexity index is 656. The lowest BCUT2D eigenvalue weighted by molar-refractivity contribution is -0.210. The van der Waals surface area contributed by atoms with Crippen LogP contribution in [-0.2, 0) is 20.9 Å². The molecular formula is C19H25FN2O3. The van der Waals surface area contributed by atoms with Crippen molar-refractivity contribution in [2.75, 3.05) is 19.7 Å². The number of nitrogens with zero attached hydrogens (tertiary/aromatic N) is 2. The number of aromatic nitrogens is 1. The summed E-state index contributed by atoms with van der Waals surface area (Å²) in [5.41, 5.74) is -0.0500. The highest BCUT2D eigenvalue weighted by atomic mass is 19.1. The number of carbonyl (C=O) groups excluding carboxylic acids is 1. The highest BCUT2D eigenvalue weighted by molar-refractivity contribution is 5.87. The van der Waals surface area contributed by atoms with Gasteiger partial charge in [-0.1, -0.05) is 6.07 Å². The Morgan fingerprint density at radius 2 is 2.24 bits per heavy atom. The van der Waals surface area contributed by atoms with Crippen LogP contribution < -0.4 is 0 Å². The van der Waals surface area contributed by atoms with Gasteiger partial charge in [0.1, 0.15) is 5.60 Å². The number of pyridine rings is 1. The van der Waals surface area contributed by atoms with Crippen molar-refractivity contribution in [3.05, 3.63) is 29.6 Å². The summed E-state index contributed by atoms with van der Waals surface area (Å²) >= 11 is 0. The van der Waals surface area contributed by atoms with E-state index < -0.39 is 5.67 Å². The lowest BCUT2D eigenvalue weighted by atomic mass is 9.78. The minimum atomic E-state index is -1.61. The van der Waals surface area contributed by atoms with Crippen LogP contribution in [-0.4, -0.2) is 52.9 Å². The van der Waals surface area contributed by atoms with Crippen LogP contribution in [0.5, 0.6) is 0 Å². The number of hydrogen-bond donors (Lipinski definition) is 0. The summed E-state index contributed by atoms with van der Waals surface area (Å²) in [6.45, 7) is 4.04. The third-order valence-corrected chi connectivity index (χ3v) is 5.64. The normalized spacial score (nSPS) is 26.8. The molecule has 1 aromatic rings. The predicted molar refractivity (Wildman–Crippen MR) is 89.7 cm³/mol. The molecular weight excluding hydrogens is 323 g/mol. The van der Waals surface area contributed by atoms with Crippen molar-refractivity contribution in [3.63, 3.8) is 0 Å². The quantitative estimate of drug-likeness (QED) is 0.839. The maximum Gasteiger partial charge on any atom is 0.260 e. The van der Waals surface area contributed by atoms with Gasteiger partial charge in [-0.2, -0.15) is 0 Å². The largest absolute Gasteiger partial charge is 0.372 e. The Morgan fingerprint density at radius 3 is 2.92 bits per heavy atom. The number of amides is 1. The zero-order valence-corrected chi connectivity index (χ0v) is 14.7. The topological polar surface area (TPSA) is 51.7 Å². The molecule has 0 bridgehead atoms. The fourth-order valence-corrected chi connectivity index (χ4v) is 4.01. The number of rotatable bonds is 4. The van der Waals surface area contributed by atoms with Gasteiger partial charge < -0.3 is 14.4 Å². The Balaban J connectivity index is 1.29. The molecule has 1 spiro atoms. The molecule has 1 saturated carbocycles. The van der Waals surface area contributed by atoms with Gasteiger partial charge in [-0.25, -0.2) is 4.39 Å². The molecule has 6 heteroatoms. The molecule has 1 aliphatic carbocycles. The summed E-state index contributed by atoms with van der Waals surface area (Å²) in [5, 5.41) is 0. The molecule has 3 heterocycles. The number of ether oxygens (including phenoxy) is 2. The van der Waals surface area contributed by atoms with Crippen LogP contribution in [0.4, 0.5) is 4.39 Å². The van der Waals surface area contributed by atoms with E-state index in [-0.39, 0.29) is 17.6 Å². The number of likely N-dealkylation sites (tertiary alicyclic amines) is 1. The Morgan fingerprint density at radius 1 is 1.44 bits per heavy atom. The molecule has 2 aliphatic heterocycles. The first-order valence-corrected chi connectivity index (χ1v) is 9.15. The van der Waals surface area contributed by atoms with Gasteiger partial charge in [0.15, 0.2) is 5.67 Å². The lowest BCUT2D eigenvalue weighted by Gasteiger charge is -2.54. The van der Waals surface area contributed by atoms with Crippen molar-refractivity contribution in [1.29, 1.82) is 0 Å². The third kappa shape index (κ3) is 3.29. The van der Waals surface area contributed by atoms with Gasteiger partial charge in [-0.15, -0.1) is 0 Å². The van der Waals surface area contributed by atoms with Gasteiger partial charge in [-0.05, 0) is 44.7 Å². The zero-order chi connectivity index (χ0) is 17.5. The molecule has 25 heavy (non-hydrogen) atoms. The molecule has 4 rings (SSSR count). The van der Waals surface area contributed by atoms with Crippen LogP contribution in [0.25, 0.3) is 0 Å². The first kappa shape index (κ1) is 16.9. The van der Waals surface area contributed by atoms with Crippen molar-refractivity contribution in [2.45, 2.75) is 63.0 Å². The van der Waals surface area contributed by atoms with Crippen LogP contribution >= 0.6 is 0 Å². The Kier molecular flexibility index (Phi) is 4.28. The zero-order valence-electron chi connectivity index (χ0n) is 14.7. The predicted octanol–water partition coefficient (Wildman–Crippen LogP) is 2.56.